The molecule has 0 spiro atoms. The highest BCUT2D eigenvalue weighted by Gasteiger charge is 2.15. The molecule has 1 N–H and O–H groups in total. The van der Waals surface area contributed by atoms with Crippen LogP contribution in [0.3, 0.4) is 0 Å². The molecule has 0 bridgehead atoms. The molecule has 0 aliphatic carbocycles. The fourth-order valence-corrected chi connectivity index (χ4v) is 2.69. The van der Waals surface area contributed by atoms with Crippen molar-refractivity contribution in [3.05, 3.63) is 23.9 Å². The third-order valence-electron chi connectivity index (χ3n) is 3.66. The van der Waals surface area contributed by atoms with E-state index in [-0.39, 0.29) is 0 Å². The van der Waals surface area contributed by atoms with Crippen molar-refractivity contribution in [3.63, 3.8) is 0 Å². The summed E-state index contributed by atoms with van der Waals surface area (Å²) in [5, 5.41) is 3.34. The average Bonchev–Trinajstić information content (AvgIpc) is 2.46. The zero-order valence-electron chi connectivity index (χ0n) is 12.8. The summed E-state index contributed by atoms with van der Waals surface area (Å²) in [6, 6.07) is 4.26. The van der Waals surface area contributed by atoms with Gasteiger partial charge in [-0.15, -0.1) is 0 Å². The van der Waals surface area contributed by atoms with Crippen LogP contribution in [0.1, 0.15) is 31.7 Å². The molecule has 0 amide bonds. The molecule has 1 atom stereocenters. The van der Waals surface area contributed by atoms with Gasteiger partial charge < -0.3 is 15.0 Å². The van der Waals surface area contributed by atoms with Gasteiger partial charge in [0.1, 0.15) is 5.82 Å². The second-order valence-corrected chi connectivity index (χ2v) is 5.76. The fourth-order valence-electron chi connectivity index (χ4n) is 2.69. The van der Waals surface area contributed by atoms with Crippen molar-refractivity contribution in [2.24, 2.45) is 5.92 Å². The second-order valence-electron chi connectivity index (χ2n) is 5.76. The molecule has 1 fully saturated rings. The molecule has 4 heteroatoms. The van der Waals surface area contributed by atoms with Crippen molar-refractivity contribution >= 4 is 5.82 Å². The third-order valence-corrected chi connectivity index (χ3v) is 3.66. The smallest absolute Gasteiger partial charge is 0.126 e. The molecular weight excluding hydrogens is 250 g/mol. The van der Waals surface area contributed by atoms with Crippen molar-refractivity contribution in [2.45, 2.75) is 32.7 Å². The van der Waals surface area contributed by atoms with Gasteiger partial charge in [0.2, 0.25) is 0 Å². The number of aromatic nitrogens is 1. The molecule has 1 aliphatic rings. The Hall–Kier alpha value is -1.13. The number of ether oxygens (including phenoxy) is 1. The van der Waals surface area contributed by atoms with E-state index < -0.39 is 0 Å². The first kappa shape index (κ1) is 15.3. The quantitative estimate of drug-likeness (QED) is 0.831. The van der Waals surface area contributed by atoms with Crippen LogP contribution in [-0.2, 0) is 11.3 Å². The van der Waals surface area contributed by atoms with Gasteiger partial charge >= 0.3 is 0 Å². The highest BCUT2D eigenvalue weighted by Crippen LogP contribution is 2.16. The molecule has 0 saturated carbocycles. The first-order valence-electron chi connectivity index (χ1n) is 7.73. The lowest BCUT2D eigenvalue weighted by molar-refractivity contribution is 0.0411. The topological polar surface area (TPSA) is 37.4 Å². The summed E-state index contributed by atoms with van der Waals surface area (Å²) >= 11 is 0. The summed E-state index contributed by atoms with van der Waals surface area (Å²) in [7, 11) is 2.19. The van der Waals surface area contributed by atoms with Crippen LogP contribution in [-0.4, -0.2) is 43.2 Å². The zero-order valence-corrected chi connectivity index (χ0v) is 12.8. The van der Waals surface area contributed by atoms with Gasteiger partial charge in [-0.2, -0.15) is 0 Å². The Kier molecular flexibility index (Phi) is 6.27. The van der Waals surface area contributed by atoms with Crippen molar-refractivity contribution in [3.8, 4) is 0 Å². The van der Waals surface area contributed by atoms with E-state index in [1.807, 2.05) is 6.20 Å². The van der Waals surface area contributed by atoms with E-state index in [1.54, 1.807) is 0 Å². The third kappa shape index (κ3) is 5.10. The maximum absolute atomic E-state index is 5.55. The fraction of sp³-hybridized carbons (Fsp3) is 0.688. The maximum atomic E-state index is 5.55. The molecule has 4 nitrogen and oxygen atoms in total. The normalized spacial score (nSPS) is 19.2. The van der Waals surface area contributed by atoms with Crippen molar-refractivity contribution in [1.82, 2.24) is 9.88 Å². The standard InChI is InChI=1S/C16H27N3O/c1-3-7-17-16-10-14(6-8-18-16)11-19(2)12-15-5-4-9-20-13-15/h6,8,10,15H,3-5,7,9,11-13H2,1-2H3,(H,17,18). The van der Waals surface area contributed by atoms with Crippen LogP contribution in [0.5, 0.6) is 0 Å². The molecule has 1 saturated heterocycles. The van der Waals surface area contributed by atoms with Gasteiger partial charge in [0.15, 0.2) is 0 Å². The number of nitrogens with zero attached hydrogens (tertiary/aromatic N) is 2. The molecule has 0 aromatic carbocycles. The van der Waals surface area contributed by atoms with Crippen LogP contribution in [0.25, 0.3) is 0 Å². The molecule has 1 aromatic rings. The van der Waals surface area contributed by atoms with E-state index in [9.17, 15) is 0 Å². The summed E-state index contributed by atoms with van der Waals surface area (Å²) in [5.41, 5.74) is 1.32. The van der Waals surface area contributed by atoms with Crippen LogP contribution in [0.15, 0.2) is 18.3 Å². The lowest BCUT2D eigenvalue weighted by Gasteiger charge is -2.27. The van der Waals surface area contributed by atoms with Crippen LogP contribution >= 0.6 is 0 Å². The van der Waals surface area contributed by atoms with E-state index in [4.69, 9.17) is 4.74 Å². The van der Waals surface area contributed by atoms with Gasteiger partial charge in [-0.3, -0.25) is 0 Å². The molecule has 0 radical (unpaired) electrons. The Balaban J connectivity index is 1.81. The van der Waals surface area contributed by atoms with Crippen molar-refractivity contribution in [1.29, 1.82) is 0 Å². The Labute approximate surface area is 122 Å². The molecule has 2 heterocycles. The molecule has 1 aliphatic heterocycles. The first-order chi connectivity index (χ1) is 9.78. The summed E-state index contributed by atoms with van der Waals surface area (Å²) in [6.45, 7) is 7.09. The predicted octanol–water partition coefficient (Wildman–Crippen LogP) is 2.76. The van der Waals surface area contributed by atoms with Gasteiger partial charge in [-0.25, -0.2) is 4.98 Å². The van der Waals surface area contributed by atoms with Crippen LogP contribution in [0.4, 0.5) is 5.82 Å². The number of rotatable bonds is 7. The summed E-state index contributed by atoms with van der Waals surface area (Å²) in [4.78, 5) is 6.74. The maximum Gasteiger partial charge on any atom is 0.126 e. The lowest BCUT2D eigenvalue weighted by atomic mass is 10.0. The molecule has 1 unspecified atom stereocenters. The minimum atomic E-state index is 0.688. The van der Waals surface area contributed by atoms with Gasteiger partial charge in [0, 0.05) is 32.4 Å². The molecule has 112 valence electrons. The monoisotopic (exact) mass is 277 g/mol. The number of nitrogens with one attached hydrogen (secondary N) is 1. The van der Waals surface area contributed by atoms with Gasteiger partial charge in [0.05, 0.1) is 6.61 Å². The predicted molar refractivity (Wildman–Crippen MR) is 82.9 cm³/mol. The Morgan fingerprint density at radius 1 is 1.50 bits per heavy atom. The Bertz CT molecular complexity index is 391. The minimum Gasteiger partial charge on any atom is -0.381 e. The molecule has 1 aromatic heterocycles. The zero-order chi connectivity index (χ0) is 14.2. The number of pyridine rings is 1. The average molecular weight is 277 g/mol. The largest absolute Gasteiger partial charge is 0.381 e. The molecule has 20 heavy (non-hydrogen) atoms. The van der Waals surface area contributed by atoms with Crippen LogP contribution < -0.4 is 5.32 Å². The molecule has 2 rings (SSSR count). The van der Waals surface area contributed by atoms with E-state index in [0.29, 0.717) is 5.92 Å². The van der Waals surface area contributed by atoms with Crippen LogP contribution in [0, 0.1) is 5.92 Å². The van der Waals surface area contributed by atoms with Gasteiger partial charge in [-0.1, -0.05) is 6.92 Å². The first-order valence-corrected chi connectivity index (χ1v) is 7.73. The molecular formula is C16H27N3O. The summed E-state index contributed by atoms with van der Waals surface area (Å²) in [6.07, 6.45) is 5.52. The van der Waals surface area contributed by atoms with E-state index in [0.717, 1.165) is 45.1 Å². The second kappa shape index (κ2) is 8.22. The number of anilines is 1. The SMILES string of the molecule is CCCNc1cc(CN(C)CC2CCCOC2)ccn1. The lowest BCUT2D eigenvalue weighted by Crippen LogP contribution is -2.30. The van der Waals surface area contributed by atoms with Crippen LogP contribution in [0.2, 0.25) is 0 Å². The number of hydrogen-bond acceptors (Lipinski definition) is 4. The highest BCUT2D eigenvalue weighted by molar-refractivity contribution is 5.37. The van der Waals surface area contributed by atoms with E-state index >= 15 is 0 Å². The van der Waals surface area contributed by atoms with E-state index in [2.05, 4.69) is 41.3 Å². The van der Waals surface area contributed by atoms with Crippen molar-refractivity contribution in [2.75, 3.05) is 38.7 Å². The van der Waals surface area contributed by atoms with Gasteiger partial charge in [0.25, 0.3) is 0 Å². The Morgan fingerprint density at radius 2 is 2.40 bits per heavy atom. The minimum absolute atomic E-state index is 0.688. The Morgan fingerprint density at radius 3 is 3.15 bits per heavy atom. The van der Waals surface area contributed by atoms with E-state index in [1.165, 1.54) is 18.4 Å². The van der Waals surface area contributed by atoms with Crippen molar-refractivity contribution < 1.29 is 4.74 Å². The number of hydrogen-bond donors (Lipinski definition) is 1. The summed E-state index contributed by atoms with van der Waals surface area (Å²) in [5.74, 6) is 1.67. The van der Waals surface area contributed by atoms with Gasteiger partial charge in [-0.05, 0) is 49.9 Å². The summed E-state index contributed by atoms with van der Waals surface area (Å²) < 4.78 is 5.55. The highest BCUT2D eigenvalue weighted by atomic mass is 16.5.